The molecule has 2 heteroatoms. The number of hydrogen-bond donors (Lipinski definition) is 1. The number of rotatable bonds is 0. The molecule has 0 saturated heterocycles. The summed E-state index contributed by atoms with van der Waals surface area (Å²) in [4.78, 5) is 0. The van der Waals surface area contributed by atoms with Crippen LogP contribution in [0.15, 0.2) is 18.2 Å². The van der Waals surface area contributed by atoms with Gasteiger partial charge in [-0.05, 0) is 37.8 Å². The lowest BCUT2D eigenvalue weighted by Gasteiger charge is -2.17. The second kappa shape index (κ2) is 3.26. The van der Waals surface area contributed by atoms with Crippen molar-refractivity contribution >= 4 is 5.69 Å². The van der Waals surface area contributed by atoms with Crippen molar-refractivity contribution in [2.45, 2.75) is 32.4 Å². The maximum Gasteiger partial charge on any atom is 0.125 e. The summed E-state index contributed by atoms with van der Waals surface area (Å²) in [6, 6.07) is 6.18. The van der Waals surface area contributed by atoms with Gasteiger partial charge in [-0.3, -0.25) is 0 Å². The molecule has 1 aliphatic rings. The van der Waals surface area contributed by atoms with Crippen LogP contribution < -0.4 is 5.32 Å². The molecule has 1 atom stereocenters. The number of nitrogens with one attached hydrogen (secondary N) is 1. The van der Waals surface area contributed by atoms with Gasteiger partial charge in [0.1, 0.15) is 5.67 Å². The molecule has 0 aliphatic carbocycles. The van der Waals surface area contributed by atoms with Gasteiger partial charge < -0.3 is 5.32 Å². The van der Waals surface area contributed by atoms with Crippen molar-refractivity contribution < 1.29 is 4.39 Å². The SMILES string of the molecule is Cc1cccc2c1NCC(C)(F)CC2. The Bertz CT molecular complexity index is 344. The van der Waals surface area contributed by atoms with Crippen molar-refractivity contribution in [2.24, 2.45) is 0 Å². The molecule has 1 aromatic carbocycles. The molecule has 1 heterocycles. The van der Waals surface area contributed by atoms with Gasteiger partial charge in [-0.25, -0.2) is 4.39 Å². The normalized spacial score (nSPS) is 26.2. The summed E-state index contributed by atoms with van der Waals surface area (Å²) in [6.45, 7) is 4.15. The third kappa shape index (κ3) is 1.74. The summed E-state index contributed by atoms with van der Waals surface area (Å²) in [5, 5.41) is 3.21. The number of para-hydroxylation sites is 1. The van der Waals surface area contributed by atoms with Crippen molar-refractivity contribution in [3.63, 3.8) is 0 Å². The van der Waals surface area contributed by atoms with Gasteiger partial charge in [0, 0.05) is 12.2 Å². The Balaban J connectivity index is 2.34. The maximum atomic E-state index is 13.8. The van der Waals surface area contributed by atoms with Gasteiger partial charge in [0.2, 0.25) is 0 Å². The molecule has 0 amide bonds. The summed E-state index contributed by atoms with van der Waals surface area (Å²) in [6.07, 6.45) is 1.44. The minimum Gasteiger partial charge on any atom is -0.381 e. The van der Waals surface area contributed by atoms with Crippen molar-refractivity contribution in [3.8, 4) is 0 Å². The van der Waals surface area contributed by atoms with Crippen LogP contribution >= 0.6 is 0 Å². The highest BCUT2D eigenvalue weighted by Crippen LogP contribution is 2.29. The number of hydrogen-bond acceptors (Lipinski definition) is 1. The molecule has 1 nitrogen and oxygen atoms in total. The zero-order chi connectivity index (χ0) is 10.2. The van der Waals surface area contributed by atoms with Crippen LogP contribution in [0, 0.1) is 6.92 Å². The molecular formula is C12H16FN. The second-order valence-corrected chi connectivity index (χ2v) is 4.38. The van der Waals surface area contributed by atoms with Gasteiger partial charge >= 0.3 is 0 Å². The van der Waals surface area contributed by atoms with E-state index >= 15 is 0 Å². The van der Waals surface area contributed by atoms with Crippen LogP contribution in [0.2, 0.25) is 0 Å². The number of anilines is 1. The topological polar surface area (TPSA) is 12.0 Å². The maximum absolute atomic E-state index is 13.8. The number of fused-ring (bicyclic) bond motifs is 1. The van der Waals surface area contributed by atoms with Crippen molar-refractivity contribution in [1.29, 1.82) is 0 Å². The lowest BCUT2D eigenvalue weighted by atomic mass is 9.99. The third-order valence-electron chi connectivity index (χ3n) is 2.91. The Morgan fingerprint density at radius 3 is 3.00 bits per heavy atom. The van der Waals surface area contributed by atoms with Gasteiger partial charge in [-0.2, -0.15) is 0 Å². The Morgan fingerprint density at radius 2 is 2.21 bits per heavy atom. The fourth-order valence-electron chi connectivity index (χ4n) is 1.95. The van der Waals surface area contributed by atoms with Crippen LogP contribution in [0.1, 0.15) is 24.5 Å². The average Bonchev–Trinajstić information content (AvgIpc) is 2.27. The van der Waals surface area contributed by atoms with Crippen LogP contribution in [-0.4, -0.2) is 12.2 Å². The summed E-state index contributed by atoms with van der Waals surface area (Å²) in [5.41, 5.74) is 2.51. The van der Waals surface area contributed by atoms with Gasteiger partial charge in [-0.1, -0.05) is 18.2 Å². The standard InChI is InChI=1S/C12H16FN/c1-9-4-3-5-10-6-7-12(2,13)8-14-11(9)10/h3-5,14H,6-8H2,1-2H3. The van der Waals surface area contributed by atoms with E-state index in [-0.39, 0.29) is 0 Å². The third-order valence-corrected chi connectivity index (χ3v) is 2.91. The molecule has 2 rings (SSSR count). The van der Waals surface area contributed by atoms with Crippen LogP contribution in [-0.2, 0) is 6.42 Å². The zero-order valence-corrected chi connectivity index (χ0v) is 8.73. The Morgan fingerprint density at radius 1 is 1.43 bits per heavy atom. The Hall–Kier alpha value is -1.05. The highest BCUT2D eigenvalue weighted by Gasteiger charge is 2.26. The highest BCUT2D eigenvalue weighted by atomic mass is 19.1. The van der Waals surface area contributed by atoms with Crippen LogP contribution in [0.25, 0.3) is 0 Å². The fourth-order valence-corrected chi connectivity index (χ4v) is 1.95. The molecule has 76 valence electrons. The number of aryl methyl sites for hydroxylation is 2. The van der Waals surface area contributed by atoms with Crippen LogP contribution in [0.5, 0.6) is 0 Å². The monoisotopic (exact) mass is 193 g/mol. The van der Waals surface area contributed by atoms with Crippen LogP contribution in [0.3, 0.4) is 0 Å². The van der Waals surface area contributed by atoms with Gasteiger partial charge in [0.15, 0.2) is 0 Å². The molecule has 0 radical (unpaired) electrons. The van der Waals surface area contributed by atoms with Crippen molar-refractivity contribution in [3.05, 3.63) is 29.3 Å². The molecule has 1 unspecified atom stereocenters. The molecule has 1 aliphatic heterocycles. The van der Waals surface area contributed by atoms with E-state index in [1.165, 1.54) is 11.1 Å². The largest absolute Gasteiger partial charge is 0.381 e. The molecule has 1 N–H and O–H groups in total. The molecule has 1 aromatic rings. The molecule has 0 bridgehead atoms. The summed E-state index contributed by atoms with van der Waals surface area (Å²) >= 11 is 0. The predicted octanol–water partition coefficient (Wildman–Crippen LogP) is 3.08. The van der Waals surface area contributed by atoms with E-state index in [0.29, 0.717) is 13.0 Å². The molecule has 0 fully saturated rings. The van der Waals surface area contributed by atoms with Crippen molar-refractivity contribution in [1.82, 2.24) is 0 Å². The highest BCUT2D eigenvalue weighted by molar-refractivity contribution is 5.58. The first-order chi connectivity index (χ1) is 6.58. The minimum atomic E-state index is -1.08. The first-order valence-electron chi connectivity index (χ1n) is 5.10. The Kier molecular flexibility index (Phi) is 2.22. The van der Waals surface area contributed by atoms with Crippen LogP contribution in [0.4, 0.5) is 10.1 Å². The average molecular weight is 193 g/mol. The number of alkyl halides is 1. The second-order valence-electron chi connectivity index (χ2n) is 4.38. The Labute approximate surface area is 84.3 Å². The molecule has 14 heavy (non-hydrogen) atoms. The van der Waals surface area contributed by atoms with E-state index in [4.69, 9.17) is 0 Å². The van der Waals surface area contributed by atoms with Gasteiger partial charge in [0.25, 0.3) is 0 Å². The van der Waals surface area contributed by atoms with Gasteiger partial charge in [0.05, 0.1) is 0 Å². The van der Waals surface area contributed by atoms with E-state index in [2.05, 4.69) is 24.4 Å². The van der Waals surface area contributed by atoms with E-state index in [1.54, 1.807) is 6.92 Å². The lowest BCUT2D eigenvalue weighted by Crippen LogP contribution is -2.27. The predicted molar refractivity (Wildman–Crippen MR) is 57.5 cm³/mol. The minimum absolute atomic E-state index is 0.421. The fraction of sp³-hybridized carbons (Fsp3) is 0.500. The van der Waals surface area contributed by atoms with Gasteiger partial charge in [-0.15, -0.1) is 0 Å². The van der Waals surface area contributed by atoms with E-state index in [0.717, 1.165) is 12.1 Å². The number of halogens is 1. The summed E-state index contributed by atoms with van der Waals surface area (Å²) in [7, 11) is 0. The first-order valence-corrected chi connectivity index (χ1v) is 5.10. The van der Waals surface area contributed by atoms with E-state index < -0.39 is 5.67 Å². The smallest absolute Gasteiger partial charge is 0.125 e. The molecular weight excluding hydrogens is 177 g/mol. The number of benzene rings is 1. The molecule has 0 aromatic heterocycles. The quantitative estimate of drug-likeness (QED) is 0.667. The lowest BCUT2D eigenvalue weighted by molar-refractivity contribution is 0.195. The van der Waals surface area contributed by atoms with E-state index in [1.807, 2.05) is 6.07 Å². The molecule has 0 spiro atoms. The van der Waals surface area contributed by atoms with E-state index in [9.17, 15) is 4.39 Å². The summed E-state index contributed by atoms with van der Waals surface area (Å²) in [5.74, 6) is 0. The summed E-state index contributed by atoms with van der Waals surface area (Å²) < 4.78 is 13.8. The molecule has 0 saturated carbocycles. The zero-order valence-electron chi connectivity index (χ0n) is 8.73. The van der Waals surface area contributed by atoms with Crippen molar-refractivity contribution in [2.75, 3.05) is 11.9 Å². The first kappa shape index (κ1) is 9.50.